The Morgan fingerprint density at radius 3 is 3.06 bits per heavy atom. The quantitative estimate of drug-likeness (QED) is 0.824. The van der Waals surface area contributed by atoms with Gasteiger partial charge in [0.05, 0.1) is 0 Å². The number of piperazine rings is 1. The number of rotatable bonds is 3. The maximum absolute atomic E-state index is 12.0. The lowest BCUT2D eigenvalue weighted by molar-refractivity contribution is -0.132. The van der Waals surface area contributed by atoms with E-state index in [-0.39, 0.29) is 11.5 Å². The number of nitrogens with one attached hydrogen (secondary N) is 1. The Bertz CT molecular complexity index is 469. The third kappa shape index (κ3) is 3.20. The summed E-state index contributed by atoms with van der Waals surface area (Å²) in [6.45, 7) is 4.88. The largest absolute Gasteiger partial charge is 0.340 e. The average molecular weight is 249 g/mol. The monoisotopic (exact) mass is 249 g/mol. The van der Waals surface area contributed by atoms with E-state index < -0.39 is 0 Å². The van der Waals surface area contributed by atoms with Crippen LogP contribution in [0, 0.1) is 0 Å². The fourth-order valence-electron chi connectivity index (χ4n) is 2.18. The van der Waals surface area contributed by atoms with Crippen LogP contribution in [0.25, 0.3) is 0 Å². The molecule has 1 atom stereocenters. The molecule has 0 saturated carbocycles. The van der Waals surface area contributed by atoms with Gasteiger partial charge in [-0.2, -0.15) is 0 Å². The minimum atomic E-state index is -0.0565. The summed E-state index contributed by atoms with van der Waals surface area (Å²) in [7, 11) is 0. The van der Waals surface area contributed by atoms with E-state index in [9.17, 15) is 9.59 Å². The molecule has 0 bridgehead atoms. The molecule has 0 aromatic carbocycles. The minimum absolute atomic E-state index is 0.0565. The Morgan fingerprint density at radius 1 is 1.50 bits per heavy atom. The molecule has 1 fully saturated rings. The second-order valence-corrected chi connectivity index (χ2v) is 4.68. The van der Waals surface area contributed by atoms with Crippen molar-refractivity contribution in [1.82, 2.24) is 14.8 Å². The highest BCUT2D eigenvalue weighted by Gasteiger charge is 2.19. The molecule has 0 unspecified atom stereocenters. The summed E-state index contributed by atoms with van der Waals surface area (Å²) in [6.07, 6.45) is 2.10. The molecule has 98 valence electrons. The molecule has 1 aromatic heterocycles. The highest BCUT2D eigenvalue weighted by molar-refractivity contribution is 5.76. The van der Waals surface area contributed by atoms with Gasteiger partial charge in [-0.3, -0.25) is 9.59 Å². The van der Waals surface area contributed by atoms with Crippen molar-refractivity contribution in [2.75, 3.05) is 19.6 Å². The van der Waals surface area contributed by atoms with Gasteiger partial charge in [0.25, 0.3) is 5.56 Å². The van der Waals surface area contributed by atoms with E-state index in [0.717, 1.165) is 19.6 Å². The van der Waals surface area contributed by atoms with E-state index >= 15 is 0 Å². The highest BCUT2D eigenvalue weighted by atomic mass is 16.2. The van der Waals surface area contributed by atoms with Gasteiger partial charge in [-0.15, -0.1) is 0 Å². The zero-order valence-corrected chi connectivity index (χ0v) is 10.6. The number of amides is 1. The first-order valence-electron chi connectivity index (χ1n) is 6.33. The molecule has 5 heteroatoms. The summed E-state index contributed by atoms with van der Waals surface area (Å²) in [4.78, 5) is 25.4. The first-order chi connectivity index (χ1) is 8.66. The van der Waals surface area contributed by atoms with Crippen molar-refractivity contribution in [2.24, 2.45) is 0 Å². The molecule has 5 nitrogen and oxygen atoms in total. The topological polar surface area (TPSA) is 54.3 Å². The number of carbonyl (C=O) groups excluding carboxylic acids is 1. The van der Waals surface area contributed by atoms with Gasteiger partial charge in [0.15, 0.2) is 0 Å². The summed E-state index contributed by atoms with van der Waals surface area (Å²) in [5.41, 5.74) is -0.0565. The molecule has 2 heterocycles. The van der Waals surface area contributed by atoms with Crippen LogP contribution in [0.15, 0.2) is 29.2 Å². The van der Waals surface area contributed by atoms with Crippen molar-refractivity contribution in [2.45, 2.75) is 25.9 Å². The number of aromatic nitrogens is 1. The summed E-state index contributed by atoms with van der Waals surface area (Å²) in [5.74, 6) is 0.124. The maximum atomic E-state index is 12.0. The second-order valence-electron chi connectivity index (χ2n) is 4.68. The fraction of sp³-hybridized carbons (Fsp3) is 0.538. The first kappa shape index (κ1) is 12.8. The summed E-state index contributed by atoms with van der Waals surface area (Å²) in [6, 6.07) is 5.37. The number of aryl methyl sites for hydroxylation is 1. The van der Waals surface area contributed by atoms with Gasteiger partial charge in [-0.05, 0) is 13.0 Å². The molecule has 1 N–H and O–H groups in total. The zero-order valence-electron chi connectivity index (χ0n) is 10.6. The van der Waals surface area contributed by atoms with E-state index in [0.29, 0.717) is 19.0 Å². The molecule has 1 amide bonds. The Balaban J connectivity index is 1.88. The predicted octanol–water partition coefficient (Wildman–Crippen LogP) is 0.0587. The summed E-state index contributed by atoms with van der Waals surface area (Å²) in [5, 5.41) is 3.30. The molecule has 0 spiro atoms. The number of nitrogens with zero attached hydrogens (tertiary/aromatic N) is 2. The van der Waals surface area contributed by atoms with Gasteiger partial charge in [0.2, 0.25) is 5.91 Å². The molecule has 1 aliphatic heterocycles. The van der Waals surface area contributed by atoms with Gasteiger partial charge in [0.1, 0.15) is 0 Å². The molecule has 0 aliphatic carbocycles. The number of hydrogen-bond acceptors (Lipinski definition) is 3. The van der Waals surface area contributed by atoms with Gasteiger partial charge in [0, 0.05) is 50.9 Å². The van der Waals surface area contributed by atoms with E-state index in [1.165, 1.54) is 6.07 Å². The zero-order chi connectivity index (χ0) is 13.0. The van der Waals surface area contributed by atoms with Crippen LogP contribution < -0.4 is 10.9 Å². The third-order valence-electron chi connectivity index (χ3n) is 3.19. The molecular weight excluding hydrogens is 230 g/mol. The predicted molar refractivity (Wildman–Crippen MR) is 69.4 cm³/mol. The van der Waals surface area contributed by atoms with Crippen LogP contribution in [0.4, 0.5) is 0 Å². The Hall–Kier alpha value is -1.62. The summed E-state index contributed by atoms with van der Waals surface area (Å²) < 4.78 is 1.57. The average Bonchev–Trinajstić information content (AvgIpc) is 2.37. The highest BCUT2D eigenvalue weighted by Crippen LogP contribution is 2.02. The van der Waals surface area contributed by atoms with Crippen molar-refractivity contribution in [1.29, 1.82) is 0 Å². The molecule has 0 radical (unpaired) electrons. The van der Waals surface area contributed by atoms with Gasteiger partial charge >= 0.3 is 0 Å². The van der Waals surface area contributed by atoms with Crippen molar-refractivity contribution < 1.29 is 4.79 Å². The van der Waals surface area contributed by atoms with Crippen LogP contribution in [0.3, 0.4) is 0 Å². The van der Waals surface area contributed by atoms with Gasteiger partial charge in [-0.1, -0.05) is 6.07 Å². The van der Waals surface area contributed by atoms with E-state index in [2.05, 4.69) is 12.2 Å². The van der Waals surface area contributed by atoms with Crippen LogP contribution in [0.1, 0.15) is 13.3 Å². The standard InChI is InChI=1S/C13H19N3O2/c1-11-10-16(9-6-14-11)13(18)5-8-15-7-3-2-4-12(15)17/h2-4,7,11,14H,5-6,8-10H2,1H3/t11-/m1/s1. The normalized spacial score (nSPS) is 19.8. The Labute approximate surface area is 106 Å². The lowest BCUT2D eigenvalue weighted by Gasteiger charge is -2.32. The van der Waals surface area contributed by atoms with Crippen molar-refractivity contribution in [3.05, 3.63) is 34.7 Å². The Kier molecular flexibility index (Phi) is 4.15. The second kappa shape index (κ2) is 5.82. The first-order valence-corrected chi connectivity index (χ1v) is 6.33. The van der Waals surface area contributed by atoms with E-state index in [1.54, 1.807) is 22.9 Å². The third-order valence-corrected chi connectivity index (χ3v) is 3.19. The molecule has 1 aliphatic rings. The minimum Gasteiger partial charge on any atom is -0.340 e. The van der Waals surface area contributed by atoms with Crippen molar-refractivity contribution in [3.8, 4) is 0 Å². The van der Waals surface area contributed by atoms with Gasteiger partial charge < -0.3 is 14.8 Å². The lowest BCUT2D eigenvalue weighted by Crippen LogP contribution is -2.51. The SMILES string of the molecule is C[C@@H]1CN(C(=O)CCn2ccccc2=O)CCN1. The maximum Gasteiger partial charge on any atom is 0.250 e. The van der Waals surface area contributed by atoms with Crippen LogP contribution in [0.5, 0.6) is 0 Å². The van der Waals surface area contributed by atoms with Crippen molar-refractivity contribution >= 4 is 5.91 Å². The molecule has 2 rings (SSSR count). The molecule has 18 heavy (non-hydrogen) atoms. The van der Waals surface area contributed by atoms with Gasteiger partial charge in [-0.25, -0.2) is 0 Å². The molecule has 1 saturated heterocycles. The molecule has 1 aromatic rings. The van der Waals surface area contributed by atoms with Crippen molar-refractivity contribution in [3.63, 3.8) is 0 Å². The smallest absolute Gasteiger partial charge is 0.250 e. The Morgan fingerprint density at radius 2 is 2.33 bits per heavy atom. The van der Waals surface area contributed by atoms with Crippen LogP contribution in [-0.2, 0) is 11.3 Å². The number of pyridine rings is 1. The fourth-order valence-corrected chi connectivity index (χ4v) is 2.18. The van der Waals surface area contributed by atoms with E-state index in [4.69, 9.17) is 0 Å². The van der Waals surface area contributed by atoms with Crippen LogP contribution >= 0.6 is 0 Å². The van der Waals surface area contributed by atoms with E-state index in [1.807, 2.05) is 4.90 Å². The number of hydrogen-bond donors (Lipinski definition) is 1. The summed E-state index contributed by atoms with van der Waals surface area (Å²) >= 11 is 0. The molecular formula is C13H19N3O2. The lowest BCUT2D eigenvalue weighted by atomic mass is 10.2. The van der Waals surface area contributed by atoms with Crippen LogP contribution in [0.2, 0.25) is 0 Å². The number of carbonyl (C=O) groups is 1. The van der Waals surface area contributed by atoms with Crippen LogP contribution in [-0.4, -0.2) is 41.1 Å².